The smallest absolute Gasteiger partial charge is 0.235 e. The zero-order chi connectivity index (χ0) is 11.8. The molecule has 0 bridgehead atoms. The van der Waals surface area contributed by atoms with E-state index in [1.807, 2.05) is 19.9 Å². The number of hydrogen-bond donors (Lipinski definition) is 1. The molecule has 0 heterocycles. The van der Waals surface area contributed by atoms with Gasteiger partial charge in [-0.15, -0.1) is 0 Å². The molecule has 2 rings (SSSR count). The predicted molar refractivity (Wildman–Crippen MR) is 64.0 cm³/mol. The first kappa shape index (κ1) is 10.9. The third-order valence-electron chi connectivity index (χ3n) is 3.69. The van der Waals surface area contributed by atoms with Gasteiger partial charge in [-0.05, 0) is 55.9 Å². The number of rotatable bonds is 2. The van der Waals surface area contributed by atoms with Crippen LogP contribution in [0.3, 0.4) is 0 Å². The van der Waals surface area contributed by atoms with E-state index in [0.717, 1.165) is 41.6 Å². The molecule has 0 saturated heterocycles. The van der Waals surface area contributed by atoms with E-state index in [0.29, 0.717) is 0 Å². The van der Waals surface area contributed by atoms with Crippen LogP contribution in [0.1, 0.15) is 36.0 Å². The molecule has 0 aliphatic heterocycles. The number of isocyanates is 1. The van der Waals surface area contributed by atoms with Gasteiger partial charge in [0.1, 0.15) is 0 Å². The van der Waals surface area contributed by atoms with Crippen LogP contribution in [0.2, 0.25) is 0 Å². The molecule has 16 heavy (non-hydrogen) atoms. The highest BCUT2D eigenvalue weighted by Crippen LogP contribution is 2.45. The van der Waals surface area contributed by atoms with Gasteiger partial charge in [-0.1, -0.05) is 6.07 Å². The van der Waals surface area contributed by atoms with Crippen LogP contribution in [0.25, 0.3) is 0 Å². The Morgan fingerprint density at radius 2 is 2.06 bits per heavy atom. The summed E-state index contributed by atoms with van der Waals surface area (Å²) in [5.74, 6) is 0. The summed E-state index contributed by atoms with van der Waals surface area (Å²) in [6.07, 6.45) is 4.65. The van der Waals surface area contributed by atoms with Crippen molar-refractivity contribution in [3.63, 3.8) is 0 Å². The van der Waals surface area contributed by atoms with Gasteiger partial charge in [-0.2, -0.15) is 4.99 Å². The summed E-state index contributed by atoms with van der Waals surface area (Å²) in [7, 11) is 0. The van der Waals surface area contributed by atoms with E-state index in [4.69, 9.17) is 5.73 Å². The molecule has 1 aliphatic rings. The van der Waals surface area contributed by atoms with Gasteiger partial charge in [0.15, 0.2) is 0 Å². The minimum Gasteiger partial charge on any atom is -0.398 e. The van der Waals surface area contributed by atoms with E-state index in [2.05, 4.69) is 11.1 Å². The molecule has 1 fully saturated rings. The lowest BCUT2D eigenvalue weighted by Crippen LogP contribution is -2.32. The molecule has 84 valence electrons. The maximum absolute atomic E-state index is 10.5. The highest BCUT2D eigenvalue weighted by molar-refractivity contribution is 5.55. The second kappa shape index (κ2) is 3.76. The van der Waals surface area contributed by atoms with Crippen LogP contribution in [0, 0.1) is 13.8 Å². The van der Waals surface area contributed by atoms with Crippen LogP contribution in [-0.2, 0) is 10.3 Å². The summed E-state index contributed by atoms with van der Waals surface area (Å²) < 4.78 is 0. The van der Waals surface area contributed by atoms with Crippen molar-refractivity contribution in [1.29, 1.82) is 0 Å². The van der Waals surface area contributed by atoms with Gasteiger partial charge in [0.2, 0.25) is 6.08 Å². The van der Waals surface area contributed by atoms with Gasteiger partial charge in [0, 0.05) is 5.69 Å². The van der Waals surface area contributed by atoms with Crippen LogP contribution in [0.15, 0.2) is 17.1 Å². The third kappa shape index (κ3) is 1.54. The van der Waals surface area contributed by atoms with E-state index >= 15 is 0 Å². The monoisotopic (exact) mass is 216 g/mol. The minimum absolute atomic E-state index is 0.339. The minimum atomic E-state index is -0.339. The maximum atomic E-state index is 10.5. The molecular weight excluding hydrogens is 200 g/mol. The van der Waals surface area contributed by atoms with Gasteiger partial charge < -0.3 is 5.73 Å². The first-order valence-electron chi connectivity index (χ1n) is 5.55. The quantitative estimate of drug-likeness (QED) is 0.469. The predicted octanol–water partition coefficient (Wildman–Crippen LogP) is 2.60. The van der Waals surface area contributed by atoms with E-state index in [1.54, 1.807) is 6.08 Å². The van der Waals surface area contributed by atoms with Crippen molar-refractivity contribution in [1.82, 2.24) is 0 Å². The number of aliphatic imine (C=N–C) groups is 1. The maximum Gasteiger partial charge on any atom is 0.235 e. The standard InChI is InChI=1S/C13H16N2O/c1-9-6-11(7-12(14)10(9)2)13(15-8-16)4-3-5-13/h6-7H,3-5,14H2,1-2H3. The number of anilines is 1. The Morgan fingerprint density at radius 3 is 2.50 bits per heavy atom. The van der Waals surface area contributed by atoms with Crippen LogP contribution in [-0.4, -0.2) is 6.08 Å². The first-order valence-corrected chi connectivity index (χ1v) is 5.55. The summed E-state index contributed by atoms with van der Waals surface area (Å²) in [5.41, 5.74) is 9.71. The van der Waals surface area contributed by atoms with Crippen molar-refractivity contribution in [2.45, 2.75) is 38.6 Å². The van der Waals surface area contributed by atoms with Crippen molar-refractivity contribution in [3.05, 3.63) is 28.8 Å². The highest BCUT2D eigenvalue weighted by atomic mass is 16.1. The molecule has 0 aromatic heterocycles. The van der Waals surface area contributed by atoms with Crippen molar-refractivity contribution >= 4 is 11.8 Å². The Labute approximate surface area is 95.4 Å². The number of carbonyl (C=O) groups excluding carboxylic acids is 1. The lowest BCUT2D eigenvalue weighted by molar-refractivity contribution is 0.256. The molecule has 1 aromatic rings. The SMILES string of the molecule is Cc1cc(C2(N=C=O)CCC2)cc(N)c1C. The average molecular weight is 216 g/mol. The van der Waals surface area contributed by atoms with Gasteiger partial charge in [0.05, 0.1) is 5.54 Å². The summed E-state index contributed by atoms with van der Waals surface area (Å²) in [6.45, 7) is 4.04. The van der Waals surface area contributed by atoms with Gasteiger partial charge in [-0.25, -0.2) is 4.79 Å². The molecule has 3 nitrogen and oxygen atoms in total. The normalized spacial score (nSPS) is 17.4. The highest BCUT2D eigenvalue weighted by Gasteiger charge is 2.39. The van der Waals surface area contributed by atoms with E-state index in [1.165, 1.54) is 0 Å². The Balaban J connectivity index is 2.51. The molecule has 2 N–H and O–H groups in total. The molecule has 3 heteroatoms. The zero-order valence-electron chi connectivity index (χ0n) is 9.71. The second-order valence-electron chi connectivity index (χ2n) is 4.60. The summed E-state index contributed by atoms with van der Waals surface area (Å²) >= 11 is 0. The van der Waals surface area contributed by atoms with Gasteiger partial charge >= 0.3 is 0 Å². The molecule has 0 atom stereocenters. The van der Waals surface area contributed by atoms with E-state index < -0.39 is 0 Å². The van der Waals surface area contributed by atoms with Gasteiger partial charge in [0.25, 0.3) is 0 Å². The Morgan fingerprint density at radius 1 is 1.38 bits per heavy atom. The van der Waals surface area contributed by atoms with Gasteiger partial charge in [-0.3, -0.25) is 0 Å². The first-order chi connectivity index (χ1) is 7.59. The topological polar surface area (TPSA) is 55.5 Å². The average Bonchev–Trinajstić information content (AvgIpc) is 2.19. The van der Waals surface area contributed by atoms with Crippen molar-refractivity contribution < 1.29 is 4.79 Å². The Hall–Kier alpha value is -1.60. The lowest BCUT2D eigenvalue weighted by atomic mass is 9.72. The third-order valence-corrected chi connectivity index (χ3v) is 3.69. The Bertz CT molecular complexity index is 446. The number of benzene rings is 1. The fraction of sp³-hybridized carbons (Fsp3) is 0.462. The van der Waals surface area contributed by atoms with Crippen molar-refractivity contribution in [2.24, 2.45) is 4.99 Å². The van der Waals surface area contributed by atoms with Crippen molar-refractivity contribution in [3.8, 4) is 0 Å². The molecule has 0 spiro atoms. The number of nitrogens with zero attached hydrogens (tertiary/aromatic N) is 1. The molecular formula is C13H16N2O. The molecule has 1 aromatic carbocycles. The zero-order valence-corrected chi connectivity index (χ0v) is 9.71. The van der Waals surface area contributed by atoms with Crippen LogP contribution >= 0.6 is 0 Å². The van der Waals surface area contributed by atoms with Crippen LogP contribution in [0.4, 0.5) is 5.69 Å². The van der Waals surface area contributed by atoms with E-state index in [-0.39, 0.29) is 5.54 Å². The summed E-state index contributed by atoms with van der Waals surface area (Å²) in [4.78, 5) is 14.5. The summed E-state index contributed by atoms with van der Waals surface area (Å²) in [6, 6.07) is 4.04. The largest absolute Gasteiger partial charge is 0.398 e. The molecule has 1 aliphatic carbocycles. The van der Waals surface area contributed by atoms with Crippen LogP contribution < -0.4 is 5.73 Å². The second-order valence-corrected chi connectivity index (χ2v) is 4.60. The molecule has 1 saturated carbocycles. The fourth-order valence-corrected chi connectivity index (χ4v) is 2.22. The molecule has 0 amide bonds. The number of nitrogens with two attached hydrogens (primary N) is 1. The lowest BCUT2D eigenvalue weighted by Gasteiger charge is -2.37. The number of nitrogen functional groups attached to an aromatic ring is 1. The van der Waals surface area contributed by atoms with Crippen LogP contribution in [0.5, 0.6) is 0 Å². The molecule has 0 radical (unpaired) electrons. The number of hydrogen-bond acceptors (Lipinski definition) is 3. The van der Waals surface area contributed by atoms with Crippen molar-refractivity contribution in [2.75, 3.05) is 5.73 Å². The Kier molecular flexibility index (Phi) is 2.56. The van der Waals surface area contributed by atoms with E-state index in [9.17, 15) is 4.79 Å². The summed E-state index contributed by atoms with van der Waals surface area (Å²) in [5, 5.41) is 0. The fourth-order valence-electron chi connectivity index (χ4n) is 2.22. The molecule has 0 unspecified atom stereocenters. The number of aryl methyl sites for hydroxylation is 1.